The lowest BCUT2D eigenvalue weighted by atomic mass is 9.85. The number of rotatable bonds is 5. The number of nitrogens with one attached hydrogen (secondary N) is 2. The predicted octanol–water partition coefficient (Wildman–Crippen LogP) is 3.35. The molecule has 1 aliphatic carbocycles. The molecule has 0 radical (unpaired) electrons. The van der Waals surface area contributed by atoms with E-state index in [-0.39, 0.29) is 48.4 Å². The van der Waals surface area contributed by atoms with E-state index in [0.29, 0.717) is 36.6 Å². The van der Waals surface area contributed by atoms with E-state index < -0.39 is 0 Å². The number of anilines is 1. The van der Waals surface area contributed by atoms with Crippen LogP contribution in [0.4, 0.5) is 10.5 Å². The van der Waals surface area contributed by atoms with E-state index in [1.54, 1.807) is 42.2 Å². The smallest absolute Gasteiger partial charge is 0.317 e. The van der Waals surface area contributed by atoms with Gasteiger partial charge < -0.3 is 29.9 Å². The fourth-order valence-electron chi connectivity index (χ4n) is 4.38. The van der Waals surface area contributed by atoms with Gasteiger partial charge in [0.05, 0.1) is 17.7 Å². The number of fused-ring (bicyclic) bond motifs is 1. The van der Waals surface area contributed by atoms with Gasteiger partial charge in [-0.05, 0) is 38.3 Å². The van der Waals surface area contributed by atoms with Crippen LogP contribution in [0.2, 0.25) is 0 Å². The summed E-state index contributed by atoms with van der Waals surface area (Å²) >= 11 is 0. The van der Waals surface area contributed by atoms with Crippen molar-refractivity contribution in [2.75, 3.05) is 45.7 Å². The summed E-state index contributed by atoms with van der Waals surface area (Å²) in [4.78, 5) is 42.1. The molecule has 1 saturated carbocycles. The van der Waals surface area contributed by atoms with Crippen molar-refractivity contribution in [3.8, 4) is 5.75 Å². The fourth-order valence-corrected chi connectivity index (χ4v) is 4.38. The molecule has 9 heteroatoms. The van der Waals surface area contributed by atoms with Gasteiger partial charge in [0.25, 0.3) is 5.91 Å². The maximum Gasteiger partial charge on any atom is 0.317 e. The fraction of sp³-hybridized carbons (Fsp3) is 0.654. The summed E-state index contributed by atoms with van der Waals surface area (Å²) in [6.07, 6.45) is 3.48. The highest BCUT2D eigenvalue weighted by atomic mass is 16.5. The summed E-state index contributed by atoms with van der Waals surface area (Å²) in [5.41, 5.74) is 1.00. The number of likely N-dealkylation sites (N-methyl/N-ethyl adjacent to an activating group) is 1. The van der Waals surface area contributed by atoms with Gasteiger partial charge in [0.15, 0.2) is 0 Å². The third-order valence-corrected chi connectivity index (χ3v) is 6.98. The number of ether oxygens (including phenoxy) is 2. The molecule has 0 bridgehead atoms. The van der Waals surface area contributed by atoms with Crippen LogP contribution < -0.4 is 15.4 Å². The SMILES string of the molecule is CCCNC(=O)N1C[C@H](C)[C@@H](OC)CN(C)C(=O)c2ccc(NC(=O)C3CCC3)cc2OC[C@H]1C. The lowest BCUT2D eigenvalue weighted by molar-refractivity contribution is -0.122. The number of carbonyl (C=O) groups excluding carboxylic acids is 3. The molecule has 0 saturated heterocycles. The minimum atomic E-state index is -0.250. The normalized spacial score (nSPS) is 23.8. The molecule has 3 atom stereocenters. The molecular weight excluding hydrogens is 448 g/mol. The quantitative estimate of drug-likeness (QED) is 0.662. The van der Waals surface area contributed by atoms with Gasteiger partial charge in [-0.15, -0.1) is 0 Å². The van der Waals surface area contributed by atoms with Crippen LogP contribution in [0.15, 0.2) is 18.2 Å². The highest BCUT2D eigenvalue weighted by Gasteiger charge is 2.31. The summed E-state index contributed by atoms with van der Waals surface area (Å²) < 4.78 is 11.9. The molecule has 9 nitrogen and oxygen atoms in total. The first-order chi connectivity index (χ1) is 16.7. The summed E-state index contributed by atoms with van der Waals surface area (Å²) in [6.45, 7) is 7.60. The minimum absolute atomic E-state index is 0.00291. The summed E-state index contributed by atoms with van der Waals surface area (Å²) in [6, 6.07) is 4.74. The van der Waals surface area contributed by atoms with E-state index in [0.717, 1.165) is 25.7 Å². The number of carbonyl (C=O) groups is 3. The van der Waals surface area contributed by atoms with E-state index in [1.807, 2.05) is 20.8 Å². The van der Waals surface area contributed by atoms with Crippen molar-refractivity contribution in [3.63, 3.8) is 0 Å². The Morgan fingerprint density at radius 1 is 1.20 bits per heavy atom. The van der Waals surface area contributed by atoms with Crippen molar-refractivity contribution in [2.24, 2.45) is 11.8 Å². The molecule has 0 spiro atoms. The molecule has 4 amide bonds. The van der Waals surface area contributed by atoms with Crippen molar-refractivity contribution in [1.82, 2.24) is 15.1 Å². The molecule has 2 aliphatic rings. The third-order valence-electron chi connectivity index (χ3n) is 6.98. The van der Waals surface area contributed by atoms with Crippen LogP contribution in [0.3, 0.4) is 0 Å². The van der Waals surface area contributed by atoms with Gasteiger partial charge in [0.1, 0.15) is 12.4 Å². The van der Waals surface area contributed by atoms with Crippen LogP contribution in [0.1, 0.15) is 56.8 Å². The Hall–Kier alpha value is -2.81. The lowest BCUT2D eigenvalue weighted by Crippen LogP contribution is -2.51. The van der Waals surface area contributed by atoms with Crippen LogP contribution in [0.5, 0.6) is 5.75 Å². The van der Waals surface area contributed by atoms with Crippen molar-refractivity contribution in [3.05, 3.63) is 23.8 Å². The van der Waals surface area contributed by atoms with Gasteiger partial charge in [-0.25, -0.2) is 4.79 Å². The van der Waals surface area contributed by atoms with Crippen LogP contribution in [0.25, 0.3) is 0 Å². The molecule has 3 rings (SSSR count). The first kappa shape index (κ1) is 26.8. The van der Waals surface area contributed by atoms with Crippen molar-refractivity contribution >= 4 is 23.5 Å². The molecule has 2 N–H and O–H groups in total. The number of nitrogens with zero attached hydrogens (tertiary/aromatic N) is 2. The Morgan fingerprint density at radius 3 is 2.57 bits per heavy atom. The second-order valence-corrected chi connectivity index (χ2v) is 9.81. The van der Waals surface area contributed by atoms with Crippen molar-refractivity contribution in [2.45, 2.75) is 58.6 Å². The van der Waals surface area contributed by atoms with Crippen molar-refractivity contribution < 1.29 is 23.9 Å². The van der Waals surface area contributed by atoms with Gasteiger partial charge in [0, 0.05) is 57.4 Å². The maximum atomic E-state index is 13.3. The van der Waals surface area contributed by atoms with Crippen LogP contribution >= 0.6 is 0 Å². The average Bonchev–Trinajstić information content (AvgIpc) is 2.80. The number of hydrogen-bond acceptors (Lipinski definition) is 5. The Bertz CT molecular complexity index is 904. The van der Waals surface area contributed by atoms with E-state index in [2.05, 4.69) is 10.6 Å². The molecule has 35 heavy (non-hydrogen) atoms. The zero-order valence-corrected chi connectivity index (χ0v) is 21.6. The summed E-state index contributed by atoms with van der Waals surface area (Å²) in [5, 5.41) is 5.92. The number of urea groups is 1. The van der Waals surface area contributed by atoms with Crippen LogP contribution in [0, 0.1) is 11.8 Å². The average molecular weight is 489 g/mol. The van der Waals surface area contributed by atoms with Gasteiger partial charge in [-0.2, -0.15) is 0 Å². The molecule has 1 aromatic rings. The largest absolute Gasteiger partial charge is 0.491 e. The first-order valence-corrected chi connectivity index (χ1v) is 12.7. The number of hydrogen-bond donors (Lipinski definition) is 2. The Morgan fingerprint density at radius 2 is 1.94 bits per heavy atom. The molecule has 0 unspecified atom stereocenters. The number of benzene rings is 1. The highest BCUT2D eigenvalue weighted by Crippen LogP contribution is 2.30. The Labute approximate surface area is 208 Å². The molecule has 0 aromatic heterocycles. The molecule has 1 heterocycles. The van der Waals surface area contributed by atoms with Gasteiger partial charge in [-0.1, -0.05) is 20.3 Å². The van der Waals surface area contributed by atoms with Gasteiger partial charge >= 0.3 is 6.03 Å². The molecular formula is C26H40N4O5. The maximum absolute atomic E-state index is 13.3. The van der Waals surface area contributed by atoms with Crippen LogP contribution in [-0.4, -0.2) is 80.2 Å². The van der Waals surface area contributed by atoms with E-state index in [1.165, 1.54) is 0 Å². The second kappa shape index (κ2) is 12.2. The lowest BCUT2D eigenvalue weighted by Gasteiger charge is -2.36. The Kier molecular flexibility index (Phi) is 9.37. The molecule has 1 aromatic carbocycles. The second-order valence-electron chi connectivity index (χ2n) is 9.81. The van der Waals surface area contributed by atoms with Gasteiger partial charge in [-0.3, -0.25) is 9.59 Å². The van der Waals surface area contributed by atoms with E-state index >= 15 is 0 Å². The topological polar surface area (TPSA) is 100 Å². The zero-order valence-electron chi connectivity index (χ0n) is 21.6. The third kappa shape index (κ3) is 6.66. The number of amides is 4. The molecule has 1 aliphatic heterocycles. The van der Waals surface area contributed by atoms with Crippen molar-refractivity contribution in [1.29, 1.82) is 0 Å². The van der Waals surface area contributed by atoms with E-state index in [4.69, 9.17) is 9.47 Å². The van der Waals surface area contributed by atoms with Crippen LogP contribution in [-0.2, 0) is 9.53 Å². The molecule has 194 valence electrons. The monoisotopic (exact) mass is 488 g/mol. The van der Waals surface area contributed by atoms with Gasteiger partial charge in [0.2, 0.25) is 5.91 Å². The first-order valence-electron chi connectivity index (χ1n) is 12.7. The zero-order chi connectivity index (χ0) is 25.5. The minimum Gasteiger partial charge on any atom is -0.491 e. The van der Waals surface area contributed by atoms with E-state index in [9.17, 15) is 14.4 Å². The summed E-state index contributed by atoms with van der Waals surface area (Å²) in [7, 11) is 3.36. The number of methoxy groups -OCH3 is 1. The standard InChI is InChI=1S/C26H40N4O5/c1-6-12-27-26(33)30-14-17(2)23(34-5)15-29(4)25(32)21-11-10-20(13-22(21)35-16-18(30)3)28-24(31)19-8-7-9-19/h10-11,13,17-19,23H,6-9,12,14-16H2,1-5H3,(H,27,33)(H,28,31)/t17-,18+,23-/m0/s1. The predicted molar refractivity (Wildman–Crippen MR) is 135 cm³/mol. The highest BCUT2D eigenvalue weighted by molar-refractivity contribution is 5.99. The Balaban J connectivity index is 1.90. The molecule has 1 fully saturated rings. The summed E-state index contributed by atoms with van der Waals surface area (Å²) in [5.74, 6) is 0.242.